The van der Waals surface area contributed by atoms with Crippen LogP contribution in [-0.2, 0) is 33.1 Å². The van der Waals surface area contributed by atoms with Gasteiger partial charge in [0.25, 0.3) is 5.56 Å². The highest BCUT2D eigenvalue weighted by atomic mass is 16.6. The average molecular weight is 422 g/mol. The maximum Gasteiger partial charge on any atom is 0.343 e. The van der Waals surface area contributed by atoms with Crippen LogP contribution in [0.1, 0.15) is 30.0 Å². The van der Waals surface area contributed by atoms with Crippen LogP contribution in [0.2, 0.25) is 0 Å². The molecular formula is C22H18N2O7. The smallest absolute Gasteiger partial charge is 0.343 e. The van der Waals surface area contributed by atoms with Gasteiger partial charge in [-0.25, -0.2) is 14.6 Å². The van der Waals surface area contributed by atoms with Crippen molar-refractivity contribution in [3.8, 4) is 17.1 Å². The normalized spacial score (nSPS) is 18.8. The maximum atomic E-state index is 13.1. The lowest BCUT2D eigenvalue weighted by atomic mass is 9.86. The minimum Gasteiger partial charge on any atom is -0.482 e. The highest BCUT2D eigenvalue weighted by Crippen LogP contribution is 2.38. The second-order valence-corrected chi connectivity index (χ2v) is 7.64. The van der Waals surface area contributed by atoms with E-state index in [0.717, 1.165) is 10.9 Å². The number of fused-ring (bicyclic) bond motifs is 5. The zero-order valence-electron chi connectivity index (χ0n) is 16.5. The predicted octanol–water partition coefficient (Wildman–Crippen LogP) is 1.54. The van der Waals surface area contributed by atoms with Gasteiger partial charge in [0.15, 0.2) is 12.2 Å². The number of carboxylic acid groups (broad SMARTS) is 1. The lowest BCUT2D eigenvalue weighted by Crippen LogP contribution is -2.44. The minimum atomic E-state index is -1.86. The van der Waals surface area contributed by atoms with Crippen molar-refractivity contribution in [1.82, 2.24) is 9.55 Å². The molecule has 0 unspecified atom stereocenters. The number of carboxylic acids is 1. The summed E-state index contributed by atoms with van der Waals surface area (Å²) in [6.07, 6.45) is 0.0822. The predicted molar refractivity (Wildman–Crippen MR) is 108 cm³/mol. The zero-order chi connectivity index (χ0) is 21.9. The first-order valence-corrected chi connectivity index (χ1v) is 9.77. The van der Waals surface area contributed by atoms with E-state index in [1.54, 1.807) is 35.8 Å². The number of carbonyl (C=O) groups is 2. The molecule has 9 heteroatoms. The highest BCUT2D eigenvalue weighted by Gasteiger charge is 2.45. The van der Waals surface area contributed by atoms with Crippen LogP contribution in [0.5, 0.6) is 5.75 Å². The molecule has 0 bridgehead atoms. The first-order chi connectivity index (χ1) is 14.8. The Kier molecular flexibility index (Phi) is 4.13. The molecule has 2 aromatic heterocycles. The summed E-state index contributed by atoms with van der Waals surface area (Å²) >= 11 is 0. The Labute approximate surface area is 175 Å². The van der Waals surface area contributed by atoms with Crippen molar-refractivity contribution in [3.63, 3.8) is 0 Å². The third-order valence-electron chi connectivity index (χ3n) is 5.84. The molecule has 9 nitrogen and oxygen atoms in total. The molecule has 0 fully saturated rings. The first-order valence-electron chi connectivity index (χ1n) is 9.77. The fourth-order valence-corrected chi connectivity index (χ4v) is 4.20. The lowest BCUT2D eigenvalue weighted by Gasteiger charge is -2.31. The molecule has 31 heavy (non-hydrogen) atoms. The van der Waals surface area contributed by atoms with Gasteiger partial charge in [-0.3, -0.25) is 4.79 Å². The summed E-state index contributed by atoms with van der Waals surface area (Å²) in [6.45, 7) is 1.33. The lowest BCUT2D eigenvalue weighted by molar-refractivity contribution is -0.172. The molecule has 0 saturated carbocycles. The van der Waals surface area contributed by atoms with Crippen molar-refractivity contribution in [2.45, 2.75) is 32.1 Å². The Morgan fingerprint density at radius 1 is 1.29 bits per heavy atom. The molecule has 0 amide bonds. The van der Waals surface area contributed by atoms with Gasteiger partial charge in [-0.1, -0.05) is 6.92 Å². The van der Waals surface area contributed by atoms with Crippen molar-refractivity contribution in [3.05, 3.63) is 57.4 Å². The van der Waals surface area contributed by atoms with E-state index in [-0.39, 0.29) is 29.7 Å². The molecule has 3 aromatic rings. The van der Waals surface area contributed by atoms with Gasteiger partial charge >= 0.3 is 11.9 Å². The van der Waals surface area contributed by atoms with E-state index < -0.39 is 24.1 Å². The van der Waals surface area contributed by atoms with Crippen molar-refractivity contribution in [2.24, 2.45) is 0 Å². The fraction of sp³-hybridized carbons (Fsp3) is 0.273. The number of aliphatic carboxylic acids is 1. The molecule has 1 atom stereocenters. The fourth-order valence-electron chi connectivity index (χ4n) is 4.20. The molecule has 0 saturated heterocycles. The Bertz CT molecular complexity index is 1340. The van der Waals surface area contributed by atoms with Crippen LogP contribution in [0.4, 0.5) is 0 Å². The van der Waals surface area contributed by atoms with Gasteiger partial charge in [0.05, 0.1) is 29.0 Å². The van der Waals surface area contributed by atoms with Gasteiger partial charge in [-0.2, -0.15) is 0 Å². The van der Waals surface area contributed by atoms with E-state index in [1.165, 1.54) is 0 Å². The molecule has 1 aromatic carbocycles. The summed E-state index contributed by atoms with van der Waals surface area (Å²) in [7, 11) is 0. The van der Waals surface area contributed by atoms with Crippen LogP contribution in [0.25, 0.3) is 22.3 Å². The van der Waals surface area contributed by atoms with Gasteiger partial charge in [-0.15, -0.1) is 0 Å². The Balaban J connectivity index is 1.64. The van der Waals surface area contributed by atoms with Crippen LogP contribution in [0.15, 0.2) is 35.1 Å². The Morgan fingerprint density at radius 3 is 2.84 bits per heavy atom. The molecule has 2 aliphatic heterocycles. The molecule has 158 valence electrons. The van der Waals surface area contributed by atoms with Crippen molar-refractivity contribution in [1.29, 1.82) is 0 Å². The van der Waals surface area contributed by atoms with E-state index in [1.807, 2.05) is 6.07 Å². The number of esters is 1. The summed E-state index contributed by atoms with van der Waals surface area (Å²) in [5.74, 6) is -1.42. The van der Waals surface area contributed by atoms with Gasteiger partial charge < -0.3 is 24.3 Å². The number of benzene rings is 1. The zero-order valence-corrected chi connectivity index (χ0v) is 16.5. The number of aromatic nitrogens is 2. The largest absolute Gasteiger partial charge is 0.482 e. The van der Waals surface area contributed by atoms with E-state index >= 15 is 0 Å². The summed E-state index contributed by atoms with van der Waals surface area (Å²) in [5.41, 5.74) is 0.943. The molecule has 2 aliphatic rings. The number of pyridine rings is 2. The van der Waals surface area contributed by atoms with Crippen LogP contribution in [0, 0.1) is 0 Å². The summed E-state index contributed by atoms with van der Waals surface area (Å²) in [6, 6.07) is 8.59. The highest BCUT2D eigenvalue weighted by molar-refractivity contribution is 5.87. The van der Waals surface area contributed by atoms with Crippen molar-refractivity contribution < 1.29 is 29.3 Å². The van der Waals surface area contributed by atoms with Crippen LogP contribution < -0.4 is 10.3 Å². The van der Waals surface area contributed by atoms with Gasteiger partial charge in [0.2, 0.25) is 0 Å². The topological polar surface area (TPSA) is 128 Å². The second-order valence-electron chi connectivity index (χ2n) is 7.64. The maximum absolute atomic E-state index is 13.1. The standard InChI is InChI=1S/C22H18N2O7/c1-2-22(29)15-7-17-19-12(8-24(17)20(27)14(15)9-31-21(22)28)5-11-6-13(30-10-18(25)26)3-4-16(11)23-19/h3-7,29H,2,8-10H2,1H3,(H,25,26)/t22-/m0/s1. The number of hydrogen-bond acceptors (Lipinski definition) is 7. The van der Waals surface area contributed by atoms with Crippen LogP contribution >= 0.6 is 0 Å². The van der Waals surface area contributed by atoms with E-state index in [0.29, 0.717) is 29.2 Å². The summed E-state index contributed by atoms with van der Waals surface area (Å²) < 4.78 is 11.9. The molecule has 2 N–H and O–H groups in total. The van der Waals surface area contributed by atoms with E-state index in [2.05, 4.69) is 4.98 Å². The van der Waals surface area contributed by atoms with Crippen LogP contribution in [0.3, 0.4) is 0 Å². The molecule has 5 rings (SSSR count). The number of nitrogens with zero attached hydrogens (tertiary/aromatic N) is 2. The van der Waals surface area contributed by atoms with Gasteiger partial charge in [-0.05, 0) is 36.8 Å². The SMILES string of the molecule is CC[C@@]1(O)C(=O)OCc2c1cc1n(c2=O)Cc2cc3cc(OCC(=O)O)ccc3nc2-1. The quantitative estimate of drug-likeness (QED) is 0.474. The average Bonchev–Trinajstić information content (AvgIpc) is 3.11. The molecule has 0 spiro atoms. The minimum absolute atomic E-state index is 0.0822. The molecule has 0 radical (unpaired) electrons. The summed E-state index contributed by atoms with van der Waals surface area (Å²) in [5, 5.41) is 20.4. The van der Waals surface area contributed by atoms with Crippen molar-refractivity contribution >= 4 is 22.8 Å². The number of hydrogen-bond donors (Lipinski definition) is 2. The number of aliphatic hydroxyl groups is 1. The first kappa shape index (κ1) is 19.3. The van der Waals surface area contributed by atoms with Gasteiger partial charge in [0, 0.05) is 16.5 Å². The Morgan fingerprint density at radius 2 is 2.10 bits per heavy atom. The van der Waals surface area contributed by atoms with E-state index in [9.17, 15) is 19.5 Å². The number of cyclic esters (lactones) is 1. The molecule has 4 heterocycles. The van der Waals surface area contributed by atoms with E-state index in [4.69, 9.17) is 14.6 Å². The Hall–Kier alpha value is -3.72. The second kappa shape index (κ2) is 6.64. The molecule has 0 aliphatic carbocycles. The number of ether oxygens (including phenoxy) is 2. The third-order valence-corrected chi connectivity index (χ3v) is 5.84. The van der Waals surface area contributed by atoms with Crippen molar-refractivity contribution in [2.75, 3.05) is 6.61 Å². The van der Waals surface area contributed by atoms with Gasteiger partial charge in [0.1, 0.15) is 12.4 Å². The van der Waals surface area contributed by atoms with Crippen LogP contribution in [-0.4, -0.2) is 38.3 Å². The summed E-state index contributed by atoms with van der Waals surface area (Å²) in [4.78, 5) is 40.8. The molecular weight excluding hydrogens is 404 g/mol. The third kappa shape index (κ3) is 2.81. The number of rotatable bonds is 4. The number of carbonyl (C=O) groups excluding carboxylic acids is 1. The monoisotopic (exact) mass is 422 g/mol.